The van der Waals surface area contributed by atoms with Gasteiger partial charge in [-0.15, -0.1) is 0 Å². The number of nitrogens with one attached hydrogen (secondary N) is 1. The Kier molecular flexibility index (Phi) is 3.46. The zero-order chi connectivity index (χ0) is 14.8. The van der Waals surface area contributed by atoms with E-state index in [9.17, 15) is 0 Å². The number of hydrogen-bond donors (Lipinski definition) is 2. The molecule has 0 amide bonds. The van der Waals surface area contributed by atoms with Crippen molar-refractivity contribution in [2.24, 2.45) is 5.73 Å². The summed E-state index contributed by atoms with van der Waals surface area (Å²) in [6.07, 6.45) is 1.63. The van der Waals surface area contributed by atoms with Gasteiger partial charge in [-0.1, -0.05) is 35.9 Å². The number of para-hydroxylation sites is 1. The Hall–Kier alpha value is -2.59. The highest BCUT2D eigenvalue weighted by Gasteiger charge is 2.12. The molecule has 0 saturated heterocycles. The Morgan fingerprint density at radius 3 is 2.76 bits per heavy atom. The fourth-order valence-corrected chi connectivity index (χ4v) is 2.35. The van der Waals surface area contributed by atoms with Gasteiger partial charge in [0.25, 0.3) is 0 Å². The largest absolute Gasteiger partial charge is 0.455 e. The smallest absolute Gasteiger partial charge is 0.146 e. The molecule has 3 rings (SSSR count). The first-order valence-corrected chi connectivity index (χ1v) is 6.68. The third-order valence-electron chi connectivity index (χ3n) is 3.04. The summed E-state index contributed by atoms with van der Waals surface area (Å²) in [5.41, 5.74) is 6.84. The minimum atomic E-state index is -0.135. The summed E-state index contributed by atoms with van der Waals surface area (Å²) < 4.78 is 5.79. The highest BCUT2D eigenvalue weighted by Crippen LogP contribution is 2.30. The SMILES string of the molecule is N=C(N)c1c(Cl)cccc1Oc1cnc2ccccc2c1. The minimum Gasteiger partial charge on any atom is -0.455 e. The van der Waals surface area contributed by atoms with E-state index in [-0.39, 0.29) is 5.84 Å². The molecule has 0 spiro atoms. The number of pyridine rings is 1. The molecule has 104 valence electrons. The van der Waals surface area contributed by atoms with Gasteiger partial charge < -0.3 is 10.5 Å². The Morgan fingerprint density at radius 2 is 1.95 bits per heavy atom. The maximum atomic E-state index is 7.61. The number of aromatic nitrogens is 1. The average Bonchev–Trinajstić information content (AvgIpc) is 2.47. The number of amidine groups is 1. The number of ether oxygens (including phenoxy) is 1. The quantitative estimate of drug-likeness (QED) is 0.567. The van der Waals surface area contributed by atoms with Crippen molar-refractivity contribution in [2.45, 2.75) is 0 Å². The average molecular weight is 298 g/mol. The third kappa shape index (κ3) is 2.66. The topological polar surface area (TPSA) is 72.0 Å². The van der Waals surface area contributed by atoms with Gasteiger partial charge in [-0.25, -0.2) is 0 Å². The molecule has 0 radical (unpaired) electrons. The molecule has 0 fully saturated rings. The summed E-state index contributed by atoms with van der Waals surface area (Å²) >= 11 is 6.07. The minimum absolute atomic E-state index is 0.135. The third-order valence-corrected chi connectivity index (χ3v) is 3.35. The maximum Gasteiger partial charge on any atom is 0.146 e. The Balaban J connectivity index is 2.02. The molecular formula is C16H12ClN3O. The monoisotopic (exact) mass is 297 g/mol. The molecule has 21 heavy (non-hydrogen) atoms. The van der Waals surface area contributed by atoms with Gasteiger partial charge in [-0.3, -0.25) is 10.4 Å². The van der Waals surface area contributed by atoms with Crippen LogP contribution in [0.3, 0.4) is 0 Å². The molecule has 0 bridgehead atoms. The fraction of sp³-hybridized carbons (Fsp3) is 0. The predicted octanol–water partition coefficient (Wildman–Crippen LogP) is 3.96. The van der Waals surface area contributed by atoms with E-state index in [4.69, 9.17) is 27.5 Å². The number of fused-ring (bicyclic) bond motifs is 1. The number of benzene rings is 2. The lowest BCUT2D eigenvalue weighted by Crippen LogP contribution is -2.13. The summed E-state index contributed by atoms with van der Waals surface area (Å²) in [6, 6.07) is 14.8. The second kappa shape index (κ2) is 5.42. The first-order chi connectivity index (χ1) is 10.1. The van der Waals surface area contributed by atoms with Crippen molar-refractivity contribution in [1.29, 1.82) is 5.41 Å². The lowest BCUT2D eigenvalue weighted by atomic mass is 10.2. The summed E-state index contributed by atoms with van der Waals surface area (Å²) in [5, 5.41) is 8.97. The number of hydrogen-bond acceptors (Lipinski definition) is 3. The van der Waals surface area contributed by atoms with Gasteiger partial charge in [0, 0.05) is 5.39 Å². The predicted molar refractivity (Wildman–Crippen MR) is 84.3 cm³/mol. The normalized spacial score (nSPS) is 10.5. The zero-order valence-electron chi connectivity index (χ0n) is 11.0. The van der Waals surface area contributed by atoms with Crippen LogP contribution in [-0.4, -0.2) is 10.8 Å². The van der Waals surface area contributed by atoms with Crippen LogP contribution >= 0.6 is 11.6 Å². The Bertz CT molecular complexity index is 833. The van der Waals surface area contributed by atoms with Crippen molar-refractivity contribution in [1.82, 2.24) is 4.98 Å². The number of rotatable bonds is 3. The van der Waals surface area contributed by atoms with Gasteiger partial charge in [-0.2, -0.15) is 0 Å². The lowest BCUT2D eigenvalue weighted by molar-refractivity contribution is 0.480. The molecule has 0 atom stereocenters. The van der Waals surface area contributed by atoms with Crippen molar-refractivity contribution in [3.63, 3.8) is 0 Å². The van der Waals surface area contributed by atoms with E-state index >= 15 is 0 Å². The van der Waals surface area contributed by atoms with E-state index in [1.165, 1.54) is 0 Å². The van der Waals surface area contributed by atoms with Gasteiger partial charge in [0.1, 0.15) is 17.3 Å². The van der Waals surface area contributed by atoms with Crippen molar-refractivity contribution in [3.05, 3.63) is 65.3 Å². The number of nitrogens with zero attached hydrogens (tertiary/aromatic N) is 1. The molecule has 1 aromatic heterocycles. The van der Waals surface area contributed by atoms with Crippen molar-refractivity contribution in [2.75, 3.05) is 0 Å². The van der Waals surface area contributed by atoms with Crippen LogP contribution in [-0.2, 0) is 0 Å². The van der Waals surface area contributed by atoms with Gasteiger partial charge >= 0.3 is 0 Å². The molecule has 5 heteroatoms. The molecule has 0 aliphatic rings. The first kappa shape index (κ1) is 13.4. The second-order valence-electron chi connectivity index (χ2n) is 4.49. The molecule has 3 aromatic rings. The van der Waals surface area contributed by atoms with Gasteiger partial charge in [-0.05, 0) is 24.3 Å². The Morgan fingerprint density at radius 1 is 1.14 bits per heavy atom. The fourth-order valence-electron chi connectivity index (χ4n) is 2.08. The van der Waals surface area contributed by atoms with E-state index in [0.29, 0.717) is 22.1 Å². The molecule has 0 saturated carbocycles. The molecule has 1 heterocycles. The van der Waals surface area contributed by atoms with Crippen LogP contribution in [0, 0.1) is 5.41 Å². The molecule has 0 aliphatic heterocycles. The van der Waals surface area contributed by atoms with E-state index in [2.05, 4.69) is 4.98 Å². The van der Waals surface area contributed by atoms with Gasteiger partial charge in [0.2, 0.25) is 0 Å². The van der Waals surface area contributed by atoms with Gasteiger partial charge in [0.05, 0.1) is 22.3 Å². The lowest BCUT2D eigenvalue weighted by Gasteiger charge is -2.11. The molecule has 0 unspecified atom stereocenters. The van der Waals surface area contributed by atoms with Crippen LogP contribution in [0.1, 0.15) is 5.56 Å². The van der Waals surface area contributed by atoms with Crippen molar-refractivity contribution >= 4 is 28.3 Å². The first-order valence-electron chi connectivity index (χ1n) is 6.31. The van der Waals surface area contributed by atoms with Crippen LogP contribution in [0.2, 0.25) is 5.02 Å². The van der Waals surface area contributed by atoms with Crippen LogP contribution in [0.4, 0.5) is 0 Å². The summed E-state index contributed by atoms with van der Waals surface area (Å²) in [5.74, 6) is 0.870. The second-order valence-corrected chi connectivity index (χ2v) is 4.90. The molecule has 3 N–H and O–H groups in total. The van der Waals surface area contributed by atoms with Crippen LogP contribution in [0.5, 0.6) is 11.5 Å². The Labute approximate surface area is 126 Å². The van der Waals surface area contributed by atoms with E-state index in [1.54, 1.807) is 24.4 Å². The number of halogens is 1. The number of nitrogen functional groups attached to an aromatic ring is 1. The van der Waals surface area contributed by atoms with Crippen LogP contribution in [0.15, 0.2) is 54.7 Å². The number of nitrogens with two attached hydrogens (primary N) is 1. The highest BCUT2D eigenvalue weighted by molar-refractivity contribution is 6.34. The summed E-state index contributed by atoms with van der Waals surface area (Å²) in [4.78, 5) is 4.33. The van der Waals surface area contributed by atoms with Crippen LogP contribution in [0.25, 0.3) is 10.9 Å². The summed E-state index contributed by atoms with van der Waals surface area (Å²) in [7, 11) is 0. The molecule has 0 aliphatic carbocycles. The van der Waals surface area contributed by atoms with Crippen molar-refractivity contribution < 1.29 is 4.74 Å². The van der Waals surface area contributed by atoms with Crippen LogP contribution < -0.4 is 10.5 Å². The standard InChI is InChI=1S/C16H12ClN3O/c17-12-5-3-7-14(15(12)16(18)19)21-11-8-10-4-1-2-6-13(10)20-9-11/h1-9H,(H3,18,19). The molecular weight excluding hydrogens is 286 g/mol. The molecule has 4 nitrogen and oxygen atoms in total. The molecule has 2 aromatic carbocycles. The van der Waals surface area contributed by atoms with E-state index in [0.717, 1.165) is 10.9 Å². The van der Waals surface area contributed by atoms with Crippen molar-refractivity contribution in [3.8, 4) is 11.5 Å². The van der Waals surface area contributed by atoms with Gasteiger partial charge in [0.15, 0.2) is 0 Å². The zero-order valence-corrected chi connectivity index (χ0v) is 11.8. The van der Waals surface area contributed by atoms with E-state index < -0.39 is 0 Å². The maximum absolute atomic E-state index is 7.61. The summed E-state index contributed by atoms with van der Waals surface area (Å²) in [6.45, 7) is 0. The highest BCUT2D eigenvalue weighted by atomic mass is 35.5. The van der Waals surface area contributed by atoms with E-state index in [1.807, 2.05) is 30.3 Å².